The summed E-state index contributed by atoms with van der Waals surface area (Å²) in [6.07, 6.45) is 78.7. The molecule has 6 heteroatoms. The maximum atomic E-state index is 12.8. The van der Waals surface area contributed by atoms with E-state index in [1.54, 1.807) is 0 Å². The van der Waals surface area contributed by atoms with Crippen LogP contribution < -0.4 is 0 Å². The molecule has 0 aliphatic heterocycles. The molecule has 0 saturated carbocycles. The van der Waals surface area contributed by atoms with Gasteiger partial charge >= 0.3 is 17.9 Å². The van der Waals surface area contributed by atoms with Gasteiger partial charge in [-0.2, -0.15) is 0 Å². The molecular formula is C63H100O6. The van der Waals surface area contributed by atoms with Gasteiger partial charge in [0.1, 0.15) is 13.2 Å². The van der Waals surface area contributed by atoms with Crippen LogP contribution in [0.5, 0.6) is 0 Å². The van der Waals surface area contributed by atoms with E-state index in [2.05, 4.69) is 154 Å². The molecule has 388 valence electrons. The Bertz CT molecular complexity index is 1510. The van der Waals surface area contributed by atoms with Gasteiger partial charge in [0.15, 0.2) is 6.10 Å². The van der Waals surface area contributed by atoms with Gasteiger partial charge in [0, 0.05) is 19.3 Å². The number of carbonyl (C=O) groups excluding carboxylic acids is 3. The average molecular weight is 953 g/mol. The van der Waals surface area contributed by atoms with Crippen LogP contribution >= 0.6 is 0 Å². The molecule has 0 N–H and O–H groups in total. The van der Waals surface area contributed by atoms with Crippen LogP contribution in [-0.4, -0.2) is 37.2 Å². The number of ether oxygens (including phenoxy) is 3. The summed E-state index contributed by atoms with van der Waals surface area (Å²) in [5.41, 5.74) is 0. The Labute approximate surface area is 424 Å². The molecule has 0 fully saturated rings. The van der Waals surface area contributed by atoms with E-state index in [0.717, 1.165) is 116 Å². The number of esters is 3. The van der Waals surface area contributed by atoms with Crippen LogP contribution in [0.15, 0.2) is 134 Å². The van der Waals surface area contributed by atoms with Gasteiger partial charge in [0.25, 0.3) is 0 Å². The molecule has 0 unspecified atom stereocenters. The Kier molecular flexibility index (Phi) is 52.5. The first-order chi connectivity index (χ1) is 34.0. The molecule has 6 nitrogen and oxygen atoms in total. The third-order valence-electron chi connectivity index (χ3n) is 11.1. The van der Waals surface area contributed by atoms with Crippen LogP contribution in [0.1, 0.15) is 226 Å². The van der Waals surface area contributed by atoms with Gasteiger partial charge in [0.2, 0.25) is 0 Å². The third-order valence-corrected chi connectivity index (χ3v) is 11.1. The van der Waals surface area contributed by atoms with E-state index in [1.165, 1.54) is 64.2 Å². The van der Waals surface area contributed by atoms with Crippen molar-refractivity contribution in [3.63, 3.8) is 0 Å². The first-order valence-electron chi connectivity index (χ1n) is 27.7. The molecule has 0 saturated heterocycles. The minimum Gasteiger partial charge on any atom is -0.462 e. The maximum absolute atomic E-state index is 12.8. The molecule has 0 bridgehead atoms. The van der Waals surface area contributed by atoms with Crippen molar-refractivity contribution in [2.45, 2.75) is 232 Å². The number of unbranched alkanes of at least 4 members (excludes halogenated alkanes) is 15. The molecule has 0 radical (unpaired) electrons. The summed E-state index contributed by atoms with van der Waals surface area (Å²) in [6, 6.07) is 0. The predicted molar refractivity (Wildman–Crippen MR) is 297 cm³/mol. The zero-order valence-electron chi connectivity index (χ0n) is 44.3. The van der Waals surface area contributed by atoms with Gasteiger partial charge < -0.3 is 14.2 Å². The van der Waals surface area contributed by atoms with Crippen LogP contribution in [-0.2, 0) is 28.6 Å². The van der Waals surface area contributed by atoms with E-state index >= 15 is 0 Å². The smallest absolute Gasteiger partial charge is 0.306 e. The summed E-state index contributed by atoms with van der Waals surface area (Å²) in [5.74, 6) is -1.02. The van der Waals surface area contributed by atoms with Crippen molar-refractivity contribution in [3.05, 3.63) is 134 Å². The van der Waals surface area contributed by atoms with Gasteiger partial charge in [-0.15, -0.1) is 0 Å². The Balaban J connectivity index is 4.57. The normalized spacial score (nSPS) is 13.1. The second kappa shape index (κ2) is 56.1. The second-order valence-electron chi connectivity index (χ2n) is 17.7. The minimum absolute atomic E-state index is 0.118. The first-order valence-corrected chi connectivity index (χ1v) is 27.7. The van der Waals surface area contributed by atoms with Crippen LogP contribution in [0.3, 0.4) is 0 Å². The Morgan fingerprint density at radius 3 is 0.957 bits per heavy atom. The monoisotopic (exact) mass is 953 g/mol. The van der Waals surface area contributed by atoms with E-state index in [4.69, 9.17) is 14.2 Å². The number of hydrogen-bond donors (Lipinski definition) is 0. The van der Waals surface area contributed by atoms with Crippen LogP contribution in [0.25, 0.3) is 0 Å². The van der Waals surface area contributed by atoms with Crippen molar-refractivity contribution >= 4 is 17.9 Å². The second-order valence-corrected chi connectivity index (χ2v) is 17.7. The van der Waals surface area contributed by atoms with Crippen molar-refractivity contribution in [1.29, 1.82) is 0 Å². The lowest BCUT2D eigenvalue weighted by molar-refractivity contribution is -0.167. The van der Waals surface area contributed by atoms with Gasteiger partial charge in [-0.05, 0) is 128 Å². The van der Waals surface area contributed by atoms with Crippen LogP contribution in [0, 0.1) is 0 Å². The summed E-state index contributed by atoms with van der Waals surface area (Å²) in [6.45, 7) is 6.31. The van der Waals surface area contributed by atoms with Gasteiger partial charge in [0.05, 0.1) is 0 Å². The SMILES string of the molecule is CC/C=C\C/C=C\C/C=C\C/C=C\C/C=C\CCCCCC(=O)OC[C@H](COC(=O)CCCCCCCCC/C=C\CCCCCC)OC(=O)CCC/C=C\C/C=C\C/C=C\C/C=C\C/C=C\CC. The highest BCUT2D eigenvalue weighted by Gasteiger charge is 2.19. The lowest BCUT2D eigenvalue weighted by Gasteiger charge is -2.18. The maximum Gasteiger partial charge on any atom is 0.306 e. The summed E-state index contributed by atoms with van der Waals surface area (Å²) >= 11 is 0. The Hall–Kier alpha value is -4.45. The first kappa shape index (κ1) is 64.5. The molecule has 0 aromatic heterocycles. The fraction of sp³-hybridized carbons (Fsp3) is 0.603. The Morgan fingerprint density at radius 2 is 0.580 bits per heavy atom. The highest BCUT2D eigenvalue weighted by atomic mass is 16.6. The lowest BCUT2D eigenvalue weighted by atomic mass is 10.1. The quantitative estimate of drug-likeness (QED) is 0.0262. The van der Waals surface area contributed by atoms with Gasteiger partial charge in [-0.1, -0.05) is 212 Å². The molecule has 0 amide bonds. The average Bonchev–Trinajstić information content (AvgIpc) is 3.35. The molecule has 1 atom stereocenters. The molecule has 0 rings (SSSR count). The molecule has 0 heterocycles. The largest absolute Gasteiger partial charge is 0.462 e. The fourth-order valence-corrected chi connectivity index (χ4v) is 7.03. The summed E-state index contributed by atoms with van der Waals surface area (Å²) in [7, 11) is 0. The number of carbonyl (C=O) groups is 3. The lowest BCUT2D eigenvalue weighted by Crippen LogP contribution is -2.30. The molecule has 0 spiro atoms. The zero-order valence-corrected chi connectivity index (χ0v) is 44.3. The van der Waals surface area contributed by atoms with E-state index in [1.807, 2.05) is 0 Å². The third kappa shape index (κ3) is 54.4. The minimum atomic E-state index is -0.828. The Morgan fingerprint density at radius 1 is 0.304 bits per heavy atom. The predicted octanol–water partition coefficient (Wildman–Crippen LogP) is 18.6. The van der Waals surface area contributed by atoms with Crippen molar-refractivity contribution in [2.75, 3.05) is 13.2 Å². The summed E-state index contributed by atoms with van der Waals surface area (Å²) in [4.78, 5) is 38.1. The molecule has 0 aliphatic rings. The number of rotatable bonds is 48. The van der Waals surface area contributed by atoms with Crippen molar-refractivity contribution in [3.8, 4) is 0 Å². The van der Waals surface area contributed by atoms with Crippen molar-refractivity contribution in [2.24, 2.45) is 0 Å². The molecule has 0 aliphatic carbocycles. The van der Waals surface area contributed by atoms with Crippen molar-refractivity contribution < 1.29 is 28.6 Å². The number of allylic oxidation sites excluding steroid dienone is 22. The molecule has 69 heavy (non-hydrogen) atoms. The fourth-order valence-electron chi connectivity index (χ4n) is 7.03. The summed E-state index contributed by atoms with van der Waals surface area (Å²) in [5, 5.41) is 0. The van der Waals surface area contributed by atoms with Gasteiger partial charge in [-0.3, -0.25) is 14.4 Å². The molecule has 0 aromatic rings. The molecule has 0 aromatic carbocycles. The van der Waals surface area contributed by atoms with E-state index in [9.17, 15) is 14.4 Å². The highest BCUT2D eigenvalue weighted by molar-refractivity contribution is 5.71. The van der Waals surface area contributed by atoms with E-state index in [-0.39, 0.29) is 37.5 Å². The van der Waals surface area contributed by atoms with Crippen LogP contribution in [0.4, 0.5) is 0 Å². The van der Waals surface area contributed by atoms with Crippen LogP contribution in [0.2, 0.25) is 0 Å². The zero-order chi connectivity index (χ0) is 50.0. The highest BCUT2D eigenvalue weighted by Crippen LogP contribution is 2.13. The topological polar surface area (TPSA) is 78.9 Å². The molecular weight excluding hydrogens is 853 g/mol. The number of hydrogen-bond acceptors (Lipinski definition) is 6. The van der Waals surface area contributed by atoms with E-state index < -0.39 is 6.10 Å². The van der Waals surface area contributed by atoms with E-state index in [0.29, 0.717) is 19.3 Å². The summed E-state index contributed by atoms with van der Waals surface area (Å²) < 4.78 is 16.8. The standard InChI is InChI=1S/C63H100O6/c1-4-7-10-13-16-19-22-25-28-30-31-33-35-38-41-44-47-50-53-56-62(65)68-59-60(58-67-61(64)55-52-49-46-43-40-37-34-27-24-21-18-15-12-9-6-3)69-63(66)57-54-51-48-45-42-39-36-32-29-26-23-20-17-14-11-8-5-2/h7-8,10-11,16-17,19-21,24-26,28-29,31,33,36,38-39,41,45,48,60H,4-6,9,12-15,18,22-23,27,30,32,34-35,37,40,42-44,46-47,49-59H2,1-3H3/b10-7-,11-8-,19-16-,20-17-,24-21-,28-25-,29-26-,33-31-,39-36-,41-38-,48-45-/t60-/m0/s1. The van der Waals surface area contributed by atoms with Crippen molar-refractivity contribution in [1.82, 2.24) is 0 Å². The van der Waals surface area contributed by atoms with Gasteiger partial charge in [-0.25, -0.2) is 0 Å².